The van der Waals surface area contributed by atoms with Gasteiger partial charge in [0, 0.05) is 44.3 Å². The van der Waals surface area contributed by atoms with Gasteiger partial charge in [-0.2, -0.15) is 18.3 Å². The van der Waals surface area contributed by atoms with Crippen molar-refractivity contribution in [3.8, 4) is 0 Å². The van der Waals surface area contributed by atoms with E-state index in [1.807, 2.05) is 35.1 Å². The molecule has 2 N–H and O–H groups in total. The van der Waals surface area contributed by atoms with Crippen molar-refractivity contribution in [2.24, 2.45) is 4.99 Å². The van der Waals surface area contributed by atoms with Gasteiger partial charge in [-0.05, 0) is 17.2 Å². The summed E-state index contributed by atoms with van der Waals surface area (Å²) < 4.78 is 39.7. The lowest BCUT2D eigenvalue weighted by molar-refractivity contribution is -0.140. The molecular formula is C19H22F3IN6S. The van der Waals surface area contributed by atoms with E-state index in [4.69, 9.17) is 0 Å². The Morgan fingerprint density at radius 1 is 1.17 bits per heavy atom. The third-order valence-electron chi connectivity index (χ3n) is 4.15. The van der Waals surface area contributed by atoms with Crippen LogP contribution in [0.2, 0.25) is 0 Å². The van der Waals surface area contributed by atoms with E-state index >= 15 is 0 Å². The lowest BCUT2D eigenvalue weighted by Crippen LogP contribution is -2.38. The Hall–Kier alpha value is -2.15. The third-order valence-corrected chi connectivity index (χ3v) is 5.06. The van der Waals surface area contributed by atoms with E-state index in [0.717, 1.165) is 27.8 Å². The predicted octanol–water partition coefficient (Wildman–Crippen LogP) is 3.93. The maximum Gasteiger partial charge on any atom is 0.434 e. The summed E-state index contributed by atoms with van der Waals surface area (Å²) in [5, 5.41) is 12.1. The molecule has 6 nitrogen and oxygen atoms in total. The smallest absolute Gasteiger partial charge is 0.356 e. The molecule has 0 radical (unpaired) electrons. The van der Waals surface area contributed by atoms with Gasteiger partial charge in [0.25, 0.3) is 0 Å². The normalized spacial score (nSPS) is 11.8. The van der Waals surface area contributed by atoms with Crippen molar-refractivity contribution in [2.45, 2.75) is 25.7 Å². The minimum atomic E-state index is -4.40. The molecule has 2 heterocycles. The average Bonchev–Trinajstić information content (AvgIpc) is 3.37. The van der Waals surface area contributed by atoms with Crippen molar-refractivity contribution in [1.29, 1.82) is 0 Å². The van der Waals surface area contributed by atoms with Gasteiger partial charge in [0.05, 0.1) is 11.6 Å². The third kappa shape index (κ3) is 6.97. The first-order valence-corrected chi connectivity index (χ1v) is 9.84. The Morgan fingerprint density at radius 2 is 1.93 bits per heavy atom. The standard InChI is InChI=1S/C19H21F3N6S.HI/c1-23-18(24-9-7-17-27-16(13-29-17)19(20,21)22)25-11-14-5-2-3-6-15(14)12-28-10-4-8-26-28;/h2-6,8,10,13H,7,9,11-12H2,1H3,(H2,23,24,25);1H. The van der Waals surface area contributed by atoms with E-state index in [0.29, 0.717) is 37.0 Å². The maximum atomic E-state index is 12.6. The Labute approximate surface area is 193 Å². The van der Waals surface area contributed by atoms with Gasteiger partial charge in [-0.3, -0.25) is 9.67 Å². The molecule has 0 atom stereocenters. The van der Waals surface area contributed by atoms with Crippen LogP contribution in [0, 0.1) is 0 Å². The van der Waals surface area contributed by atoms with Crippen LogP contribution in [0.5, 0.6) is 0 Å². The highest BCUT2D eigenvalue weighted by Crippen LogP contribution is 2.29. The van der Waals surface area contributed by atoms with Gasteiger partial charge in [-0.1, -0.05) is 24.3 Å². The summed E-state index contributed by atoms with van der Waals surface area (Å²) in [4.78, 5) is 7.79. The van der Waals surface area contributed by atoms with Gasteiger partial charge in [0.2, 0.25) is 0 Å². The molecule has 0 saturated heterocycles. The minimum Gasteiger partial charge on any atom is -0.356 e. The molecule has 0 aliphatic heterocycles. The van der Waals surface area contributed by atoms with Gasteiger partial charge < -0.3 is 10.6 Å². The summed E-state index contributed by atoms with van der Waals surface area (Å²) in [6.45, 7) is 1.66. The lowest BCUT2D eigenvalue weighted by Gasteiger charge is -2.14. The van der Waals surface area contributed by atoms with Crippen molar-refractivity contribution < 1.29 is 13.2 Å². The van der Waals surface area contributed by atoms with E-state index in [-0.39, 0.29) is 24.0 Å². The molecule has 0 aliphatic carbocycles. The highest BCUT2D eigenvalue weighted by atomic mass is 127. The summed E-state index contributed by atoms with van der Waals surface area (Å²) in [5.74, 6) is 0.575. The van der Waals surface area contributed by atoms with Crippen LogP contribution in [0.3, 0.4) is 0 Å². The fourth-order valence-electron chi connectivity index (χ4n) is 2.70. The molecule has 0 bridgehead atoms. The summed E-state index contributed by atoms with van der Waals surface area (Å²) in [6.07, 6.45) is -0.360. The fraction of sp³-hybridized carbons (Fsp3) is 0.316. The Balaban J connectivity index is 0.00000320. The second-order valence-corrected chi connectivity index (χ2v) is 7.14. The van der Waals surface area contributed by atoms with Gasteiger partial charge in [0.15, 0.2) is 11.7 Å². The molecule has 2 aromatic heterocycles. The number of rotatable bonds is 7. The van der Waals surface area contributed by atoms with E-state index < -0.39 is 11.9 Å². The summed E-state index contributed by atoms with van der Waals surface area (Å²) in [5.41, 5.74) is 1.41. The summed E-state index contributed by atoms with van der Waals surface area (Å²) >= 11 is 1.01. The topological polar surface area (TPSA) is 67.1 Å². The van der Waals surface area contributed by atoms with Crippen LogP contribution in [-0.2, 0) is 25.7 Å². The van der Waals surface area contributed by atoms with E-state index in [1.54, 1.807) is 13.2 Å². The minimum absolute atomic E-state index is 0. The van der Waals surface area contributed by atoms with Gasteiger partial charge in [0.1, 0.15) is 0 Å². The number of halogens is 4. The molecule has 162 valence electrons. The number of hydrogen-bond acceptors (Lipinski definition) is 4. The molecule has 0 aliphatic rings. The summed E-state index contributed by atoms with van der Waals surface area (Å²) in [7, 11) is 1.65. The molecule has 30 heavy (non-hydrogen) atoms. The number of thiazole rings is 1. The molecule has 0 spiro atoms. The zero-order chi connectivity index (χ0) is 20.7. The number of hydrogen-bond donors (Lipinski definition) is 2. The number of alkyl halides is 3. The first kappa shape index (κ1) is 24.1. The Kier molecular flexibility index (Phi) is 9.08. The highest BCUT2D eigenvalue weighted by Gasteiger charge is 2.33. The van der Waals surface area contributed by atoms with Crippen molar-refractivity contribution in [3.63, 3.8) is 0 Å². The highest BCUT2D eigenvalue weighted by molar-refractivity contribution is 14.0. The number of benzene rings is 1. The van der Waals surface area contributed by atoms with Crippen LogP contribution in [-0.4, -0.2) is 34.3 Å². The van der Waals surface area contributed by atoms with Crippen LogP contribution in [0.1, 0.15) is 21.8 Å². The molecule has 0 saturated carbocycles. The van der Waals surface area contributed by atoms with Crippen molar-refractivity contribution in [3.05, 3.63) is 69.9 Å². The van der Waals surface area contributed by atoms with Crippen molar-refractivity contribution in [1.82, 2.24) is 25.4 Å². The molecule has 0 unspecified atom stereocenters. The number of guanidine groups is 1. The van der Waals surface area contributed by atoms with Crippen LogP contribution in [0.15, 0.2) is 53.1 Å². The second kappa shape index (κ2) is 11.3. The maximum absolute atomic E-state index is 12.6. The van der Waals surface area contributed by atoms with Crippen molar-refractivity contribution in [2.75, 3.05) is 13.6 Å². The van der Waals surface area contributed by atoms with Crippen LogP contribution >= 0.6 is 35.3 Å². The largest absolute Gasteiger partial charge is 0.434 e. The molecule has 11 heteroatoms. The Bertz CT molecular complexity index is 940. The van der Waals surface area contributed by atoms with E-state index in [2.05, 4.69) is 31.8 Å². The first-order valence-electron chi connectivity index (χ1n) is 8.96. The number of aliphatic imine (C=N–C) groups is 1. The summed E-state index contributed by atoms with van der Waals surface area (Å²) in [6, 6.07) is 9.93. The first-order chi connectivity index (χ1) is 14.0. The SMILES string of the molecule is CN=C(NCCc1nc(C(F)(F)F)cs1)NCc1ccccc1Cn1cccn1.I. The van der Waals surface area contributed by atoms with Gasteiger partial charge >= 0.3 is 6.18 Å². The fourth-order valence-corrected chi connectivity index (χ4v) is 3.50. The van der Waals surface area contributed by atoms with Gasteiger partial charge in [-0.25, -0.2) is 4.98 Å². The zero-order valence-electron chi connectivity index (χ0n) is 16.2. The van der Waals surface area contributed by atoms with Crippen LogP contribution in [0.25, 0.3) is 0 Å². The quantitative estimate of drug-likeness (QED) is 0.266. The van der Waals surface area contributed by atoms with Crippen molar-refractivity contribution >= 4 is 41.3 Å². The predicted molar refractivity (Wildman–Crippen MR) is 122 cm³/mol. The lowest BCUT2D eigenvalue weighted by atomic mass is 10.1. The van der Waals surface area contributed by atoms with E-state index in [1.165, 1.54) is 0 Å². The number of nitrogens with zero attached hydrogens (tertiary/aromatic N) is 4. The Morgan fingerprint density at radius 3 is 2.57 bits per heavy atom. The molecule has 1 aromatic carbocycles. The number of aromatic nitrogens is 3. The molecule has 0 amide bonds. The van der Waals surface area contributed by atoms with Gasteiger partial charge in [-0.15, -0.1) is 35.3 Å². The average molecular weight is 550 g/mol. The molecular weight excluding hydrogens is 528 g/mol. The van der Waals surface area contributed by atoms with E-state index in [9.17, 15) is 13.2 Å². The second-order valence-electron chi connectivity index (χ2n) is 6.20. The number of nitrogens with one attached hydrogen (secondary N) is 2. The molecule has 0 fully saturated rings. The van der Waals surface area contributed by atoms with Crippen LogP contribution < -0.4 is 10.6 Å². The molecule has 3 rings (SSSR count). The zero-order valence-corrected chi connectivity index (χ0v) is 19.3. The monoisotopic (exact) mass is 550 g/mol. The van der Waals surface area contributed by atoms with Crippen LogP contribution in [0.4, 0.5) is 13.2 Å². The molecule has 3 aromatic rings.